The van der Waals surface area contributed by atoms with Crippen molar-refractivity contribution < 1.29 is 9.53 Å². The van der Waals surface area contributed by atoms with Gasteiger partial charge in [-0.1, -0.05) is 26.2 Å². The fourth-order valence-electron chi connectivity index (χ4n) is 2.08. The van der Waals surface area contributed by atoms with E-state index in [1.807, 2.05) is 0 Å². The maximum Gasteiger partial charge on any atom is 0.322 e. The van der Waals surface area contributed by atoms with Crippen molar-refractivity contribution in [3.8, 4) is 0 Å². The molecule has 0 heterocycles. The average Bonchev–Trinajstić information content (AvgIpc) is 2.68. The monoisotopic (exact) mass is 199 g/mol. The van der Waals surface area contributed by atoms with Crippen LogP contribution in [0.5, 0.6) is 0 Å². The zero-order valence-corrected chi connectivity index (χ0v) is 9.21. The fraction of sp³-hybridized carbons (Fsp3) is 0.909. The number of methoxy groups -OCH3 is 1. The van der Waals surface area contributed by atoms with Gasteiger partial charge in [-0.3, -0.25) is 4.79 Å². The number of esters is 1. The number of nitrogens with one attached hydrogen (secondary N) is 1. The van der Waals surface area contributed by atoms with Gasteiger partial charge < -0.3 is 10.1 Å². The molecule has 1 N–H and O–H groups in total. The Morgan fingerprint density at radius 2 is 2.14 bits per heavy atom. The molecule has 1 aliphatic carbocycles. The highest BCUT2D eigenvalue weighted by Crippen LogP contribution is 2.18. The summed E-state index contributed by atoms with van der Waals surface area (Å²) in [7, 11) is 1.46. The Morgan fingerprint density at radius 1 is 1.50 bits per heavy atom. The Labute approximate surface area is 86.2 Å². The van der Waals surface area contributed by atoms with E-state index < -0.39 is 0 Å². The first-order valence-corrected chi connectivity index (χ1v) is 5.61. The van der Waals surface area contributed by atoms with Crippen LogP contribution in [0.4, 0.5) is 0 Å². The highest BCUT2D eigenvalue weighted by atomic mass is 16.5. The molecule has 0 aliphatic heterocycles. The molecule has 0 aromatic heterocycles. The van der Waals surface area contributed by atoms with Crippen molar-refractivity contribution in [2.75, 3.05) is 7.11 Å². The largest absolute Gasteiger partial charge is 0.468 e. The molecule has 3 heteroatoms. The van der Waals surface area contributed by atoms with Gasteiger partial charge in [0.2, 0.25) is 0 Å². The van der Waals surface area contributed by atoms with Crippen LogP contribution in [0, 0.1) is 0 Å². The van der Waals surface area contributed by atoms with Crippen molar-refractivity contribution in [2.45, 2.75) is 57.5 Å². The highest BCUT2D eigenvalue weighted by Gasteiger charge is 2.23. The van der Waals surface area contributed by atoms with E-state index in [0.717, 1.165) is 12.8 Å². The molecule has 0 spiro atoms. The Bertz CT molecular complexity index is 176. The molecule has 3 nitrogen and oxygen atoms in total. The van der Waals surface area contributed by atoms with E-state index in [9.17, 15) is 4.79 Å². The summed E-state index contributed by atoms with van der Waals surface area (Å²) in [4.78, 5) is 11.4. The molecule has 1 unspecified atom stereocenters. The molecule has 1 atom stereocenters. The lowest BCUT2D eigenvalue weighted by molar-refractivity contribution is -0.143. The van der Waals surface area contributed by atoms with Crippen LogP contribution in [0.25, 0.3) is 0 Å². The zero-order valence-electron chi connectivity index (χ0n) is 9.21. The molecule has 0 aromatic rings. The molecule has 0 aromatic carbocycles. The van der Waals surface area contributed by atoms with E-state index in [2.05, 4.69) is 12.2 Å². The van der Waals surface area contributed by atoms with Crippen molar-refractivity contribution in [3.05, 3.63) is 0 Å². The summed E-state index contributed by atoms with van der Waals surface area (Å²) >= 11 is 0. The molecule has 1 fully saturated rings. The van der Waals surface area contributed by atoms with Crippen molar-refractivity contribution in [1.82, 2.24) is 5.32 Å². The Hall–Kier alpha value is -0.570. The lowest BCUT2D eigenvalue weighted by Crippen LogP contribution is -2.42. The minimum absolute atomic E-state index is 0.0897. The van der Waals surface area contributed by atoms with Crippen LogP contribution in [-0.4, -0.2) is 25.2 Å². The summed E-state index contributed by atoms with van der Waals surface area (Å²) in [6.07, 6.45) is 6.88. The second-order valence-electron chi connectivity index (χ2n) is 4.01. The van der Waals surface area contributed by atoms with Gasteiger partial charge >= 0.3 is 5.97 Å². The number of ether oxygens (including phenoxy) is 1. The quantitative estimate of drug-likeness (QED) is 0.687. The summed E-state index contributed by atoms with van der Waals surface area (Å²) in [6.45, 7) is 2.09. The van der Waals surface area contributed by atoms with Crippen LogP contribution >= 0.6 is 0 Å². The number of hydrogen-bond donors (Lipinski definition) is 1. The molecule has 1 saturated carbocycles. The number of carbonyl (C=O) groups is 1. The Morgan fingerprint density at radius 3 is 2.64 bits per heavy atom. The maximum atomic E-state index is 11.4. The SMILES string of the molecule is CCCC(NC1CCCC1)C(=O)OC. The van der Waals surface area contributed by atoms with Crippen molar-refractivity contribution in [1.29, 1.82) is 0 Å². The van der Waals surface area contributed by atoms with Gasteiger partial charge in [-0.05, 0) is 19.3 Å². The van der Waals surface area contributed by atoms with Gasteiger partial charge in [0.25, 0.3) is 0 Å². The van der Waals surface area contributed by atoms with Crippen LogP contribution in [0.1, 0.15) is 45.4 Å². The highest BCUT2D eigenvalue weighted by molar-refractivity contribution is 5.75. The predicted octanol–water partition coefficient (Wildman–Crippen LogP) is 1.86. The van der Waals surface area contributed by atoms with Crippen molar-refractivity contribution in [2.24, 2.45) is 0 Å². The summed E-state index contributed by atoms with van der Waals surface area (Å²) in [5, 5.41) is 3.39. The first-order chi connectivity index (χ1) is 6.77. The van der Waals surface area contributed by atoms with Crippen LogP contribution in [-0.2, 0) is 9.53 Å². The van der Waals surface area contributed by atoms with Crippen LogP contribution in [0.3, 0.4) is 0 Å². The van der Waals surface area contributed by atoms with Gasteiger partial charge in [0.1, 0.15) is 6.04 Å². The van der Waals surface area contributed by atoms with E-state index in [1.165, 1.54) is 32.8 Å². The van der Waals surface area contributed by atoms with Crippen LogP contribution in [0.2, 0.25) is 0 Å². The minimum atomic E-state index is -0.112. The second kappa shape index (κ2) is 6.02. The Kier molecular flexibility index (Phi) is 4.94. The third-order valence-electron chi connectivity index (χ3n) is 2.86. The molecular formula is C11H21NO2. The number of carbonyl (C=O) groups excluding carboxylic acids is 1. The molecule has 0 radical (unpaired) electrons. The molecule has 0 bridgehead atoms. The third kappa shape index (κ3) is 3.29. The lowest BCUT2D eigenvalue weighted by Gasteiger charge is -2.20. The first-order valence-electron chi connectivity index (χ1n) is 5.61. The van der Waals surface area contributed by atoms with Gasteiger partial charge in [-0.2, -0.15) is 0 Å². The smallest absolute Gasteiger partial charge is 0.322 e. The molecule has 1 rings (SSSR count). The van der Waals surface area contributed by atoms with Crippen molar-refractivity contribution in [3.63, 3.8) is 0 Å². The van der Waals surface area contributed by atoms with Crippen molar-refractivity contribution >= 4 is 5.97 Å². The van der Waals surface area contributed by atoms with E-state index in [4.69, 9.17) is 4.74 Å². The summed E-state index contributed by atoms with van der Waals surface area (Å²) in [5.74, 6) is -0.112. The molecule has 82 valence electrons. The molecule has 0 saturated heterocycles. The van der Waals surface area contributed by atoms with E-state index >= 15 is 0 Å². The standard InChI is InChI=1S/C11H21NO2/c1-3-6-10(11(13)14-2)12-9-7-4-5-8-9/h9-10,12H,3-8H2,1-2H3. The maximum absolute atomic E-state index is 11.4. The topological polar surface area (TPSA) is 38.3 Å². The van der Waals surface area contributed by atoms with Crippen LogP contribution < -0.4 is 5.32 Å². The van der Waals surface area contributed by atoms with Crippen LogP contribution in [0.15, 0.2) is 0 Å². The fourth-order valence-corrected chi connectivity index (χ4v) is 2.08. The molecule has 0 amide bonds. The first kappa shape index (κ1) is 11.5. The predicted molar refractivity (Wildman–Crippen MR) is 56.1 cm³/mol. The average molecular weight is 199 g/mol. The Balaban J connectivity index is 2.37. The molecule has 1 aliphatic rings. The normalized spacial score (nSPS) is 19.6. The van der Waals surface area contributed by atoms with Gasteiger partial charge in [0.15, 0.2) is 0 Å². The molecule has 14 heavy (non-hydrogen) atoms. The van der Waals surface area contributed by atoms with E-state index in [-0.39, 0.29) is 12.0 Å². The van der Waals surface area contributed by atoms with E-state index in [0.29, 0.717) is 6.04 Å². The summed E-state index contributed by atoms with van der Waals surface area (Å²) in [6, 6.07) is 0.443. The summed E-state index contributed by atoms with van der Waals surface area (Å²) < 4.78 is 4.77. The number of rotatable bonds is 5. The number of hydrogen-bond acceptors (Lipinski definition) is 3. The van der Waals surface area contributed by atoms with Gasteiger partial charge in [0, 0.05) is 6.04 Å². The van der Waals surface area contributed by atoms with E-state index in [1.54, 1.807) is 0 Å². The third-order valence-corrected chi connectivity index (χ3v) is 2.86. The zero-order chi connectivity index (χ0) is 10.4. The molecular weight excluding hydrogens is 178 g/mol. The van der Waals surface area contributed by atoms with Gasteiger partial charge in [-0.15, -0.1) is 0 Å². The minimum Gasteiger partial charge on any atom is -0.468 e. The second-order valence-corrected chi connectivity index (χ2v) is 4.01. The van der Waals surface area contributed by atoms with Gasteiger partial charge in [-0.25, -0.2) is 0 Å². The lowest BCUT2D eigenvalue weighted by atomic mass is 10.1. The van der Waals surface area contributed by atoms with Gasteiger partial charge in [0.05, 0.1) is 7.11 Å². The summed E-state index contributed by atoms with van der Waals surface area (Å²) in [5.41, 5.74) is 0.